The van der Waals surface area contributed by atoms with E-state index >= 15 is 0 Å². The number of hydrogen-bond donors (Lipinski definition) is 0. The normalized spacial score (nSPS) is 10.5. The Morgan fingerprint density at radius 1 is 0.821 bits per heavy atom. The monoisotopic (exact) mass is 386 g/mol. The van der Waals surface area contributed by atoms with Gasteiger partial charge in [0.2, 0.25) is 5.83 Å². The van der Waals surface area contributed by atoms with Crippen molar-refractivity contribution in [2.75, 3.05) is 19.8 Å². The molecule has 0 radical (unpaired) electrons. The van der Waals surface area contributed by atoms with Crippen LogP contribution in [0.3, 0.4) is 0 Å². The van der Waals surface area contributed by atoms with E-state index in [2.05, 4.69) is 0 Å². The minimum absolute atomic E-state index is 0.133. The Bertz CT molecular complexity index is 679. The zero-order chi connectivity index (χ0) is 20.0. The molecule has 28 heavy (non-hydrogen) atoms. The summed E-state index contributed by atoms with van der Waals surface area (Å²) in [5.74, 6) is -1.77. The summed E-state index contributed by atoms with van der Waals surface area (Å²) < 4.78 is 30.5. The molecule has 0 atom stereocenters. The smallest absolute Gasteiger partial charge is 0.367 e. The van der Waals surface area contributed by atoms with Crippen LogP contribution >= 0.6 is 0 Å². The Morgan fingerprint density at radius 3 is 1.71 bits per heavy atom. The maximum absolute atomic E-state index is 14.4. The quantitative estimate of drug-likeness (QED) is 0.293. The summed E-state index contributed by atoms with van der Waals surface area (Å²) in [5, 5.41) is 0. The highest BCUT2D eigenvalue weighted by molar-refractivity contribution is 5.86. The average Bonchev–Trinajstić information content (AvgIpc) is 2.73. The first kappa shape index (κ1) is 21.8. The number of rotatable bonds is 12. The van der Waals surface area contributed by atoms with Crippen LogP contribution in [0.2, 0.25) is 0 Å². The van der Waals surface area contributed by atoms with E-state index in [1.165, 1.54) is 0 Å². The standard InChI is InChI=1S/C23H27FO4/c1-2-28-23(25)22(24)21(13-15-26-17-19-9-5-3-6-10-19)14-16-27-18-20-11-7-4-8-12-20/h3-12H,2,13-18H2,1H3. The van der Waals surface area contributed by atoms with Gasteiger partial charge in [-0.05, 0) is 36.5 Å². The maximum atomic E-state index is 14.4. The lowest BCUT2D eigenvalue weighted by molar-refractivity contribution is -0.140. The second-order valence-electron chi connectivity index (χ2n) is 6.21. The molecule has 0 bridgehead atoms. The van der Waals surface area contributed by atoms with Gasteiger partial charge in [-0.1, -0.05) is 60.7 Å². The van der Waals surface area contributed by atoms with Crippen molar-refractivity contribution in [1.29, 1.82) is 0 Å². The highest BCUT2D eigenvalue weighted by Gasteiger charge is 2.16. The fourth-order valence-electron chi connectivity index (χ4n) is 2.60. The molecule has 4 nitrogen and oxygen atoms in total. The lowest BCUT2D eigenvalue weighted by atomic mass is 10.1. The van der Waals surface area contributed by atoms with E-state index in [1.807, 2.05) is 60.7 Å². The molecule has 0 aliphatic heterocycles. The van der Waals surface area contributed by atoms with Crippen LogP contribution in [0, 0.1) is 0 Å². The van der Waals surface area contributed by atoms with Crippen molar-refractivity contribution >= 4 is 5.97 Å². The van der Waals surface area contributed by atoms with Crippen LogP contribution in [0.1, 0.15) is 30.9 Å². The van der Waals surface area contributed by atoms with Gasteiger partial charge in [0.25, 0.3) is 0 Å². The zero-order valence-corrected chi connectivity index (χ0v) is 16.2. The predicted octanol–water partition coefficient (Wildman–Crippen LogP) is 4.99. The summed E-state index contributed by atoms with van der Waals surface area (Å²) in [6.07, 6.45) is 0.623. The van der Waals surface area contributed by atoms with Crippen molar-refractivity contribution in [2.24, 2.45) is 0 Å². The van der Waals surface area contributed by atoms with E-state index < -0.39 is 11.8 Å². The third-order valence-electron chi connectivity index (χ3n) is 4.08. The second-order valence-corrected chi connectivity index (χ2v) is 6.21. The molecular formula is C23H27FO4. The molecular weight excluding hydrogens is 359 g/mol. The third kappa shape index (κ3) is 8.03. The molecule has 2 rings (SSSR count). The molecule has 0 saturated carbocycles. The number of hydrogen-bond acceptors (Lipinski definition) is 4. The van der Waals surface area contributed by atoms with Crippen LogP contribution in [0.25, 0.3) is 0 Å². The van der Waals surface area contributed by atoms with Crippen molar-refractivity contribution in [3.05, 3.63) is 83.2 Å². The second kappa shape index (κ2) is 12.8. The van der Waals surface area contributed by atoms with Crippen molar-refractivity contribution in [1.82, 2.24) is 0 Å². The largest absolute Gasteiger partial charge is 0.461 e. The first-order valence-electron chi connectivity index (χ1n) is 9.48. The number of ether oxygens (including phenoxy) is 3. The molecule has 2 aromatic rings. The maximum Gasteiger partial charge on any atom is 0.367 e. The van der Waals surface area contributed by atoms with Crippen molar-refractivity contribution in [3.8, 4) is 0 Å². The van der Waals surface area contributed by atoms with Crippen molar-refractivity contribution in [3.63, 3.8) is 0 Å². The number of carbonyl (C=O) groups excluding carboxylic acids is 1. The topological polar surface area (TPSA) is 44.8 Å². The first-order chi connectivity index (χ1) is 13.7. The molecule has 0 N–H and O–H groups in total. The Labute approximate surface area is 165 Å². The molecule has 0 saturated heterocycles. The van der Waals surface area contributed by atoms with E-state index in [9.17, 15) is 9.18 Å². The number of esters is 1. The number of halogens is 1. The summed E-state index contributed by atoms with van der Waals surface area (Å²) in [6, 6.07) is 19.5. The van der Waals surface area contributed by atoms with Crippen molar-refractivity contribution in [2.45, 2.75) is 33.0 Å². The van der Waals surface area contributed by atoms with Gasteiger partial charge >= 0.3 is 5.97 Å². The summed E-state index contributed by atoms with van der Waals surface area (Å²) in [6.45, 7) is 3.30. The Hall–Kier alpha value is -2.50. The number of carbonyl (C=O) groups is 1. The van der Waals surface area contributed by atoms with Gasteiger partial charge in [-0.25, -0.2) is 4.79 Å². The summed E-state index contributed by atoms with van der Waals surface area (Å²) in [7, 11) is 0. The Balaban J connectivity index is 1.83. The van der Waals surface area contributed by atoms with E-state index in [-0.39, 0.29) is 6.61 Å². The van der Waals surface area contributed by atoms with Gasteiger partial charge in [0, 0.05) is 0 Å². The molecule has 0 aliphatic rings. The van der Waals surface area contributed by atoms with Crippen molar-refractivity contribution < 1.29 is 23.4 Å². The minimum Gasteiger partial charge on any atom is -0.461 e. The molecule has 0 amide bonds. The molecule has 0 fully saturated rings. The molecule has 150 valence electrons. The van der Waals surface area contributed by atoms with Gasteiger partial charge in [-0.3, -0.25) is 0 Å². The van der Waals surface area contributed by atoms with Gasteiger partial charge in [0.05, 0.1) is 33.0 Å². The number of benzene rings is 2. The van der Waals surface area contributed by atoms with E-state index in [0.717, 1.165) is 11.1 Å². The molecule has 2 aromatic carbocycles. The van der Waals surface area contributed by atoms with Crippen LogP contribution in [-0.4, -0.2) is 25.8 Å². The van der Waals surface area contributed by atoms with Gasteiger partial charge < -0.3 is 14.2 Å². The Kier molecular flexibility index (Phi) is 9.97. The fourth-order valence-corrected chi connectivity index (χ4v) is 2.60. The summed E-state index contributed by atoms with van der Waals surface area (Å²) in [4.78, 5) is 11.8. The van der Waals surface area contributed by atoms with Gasteiger partial charge in [-0.15, -0.1) is 0 Å². The van der Waals surface area contributed by atoms with Gasteiger partial charge in [-0.2, -0.15) is 4.39 Å². The van der Waals surface area contributed by atoms with Crippen LogP contribution in [0.15, 0.2) is 72.1 Å². The molecule has 0 unspecified atom stereocenters. The summed E-state index contributed by atoms with van der Waals surface area (Å²) >= 11 is 0. The van der Waals surface area contributed by atoms with Gasteiger partial charge in [0.15, 0.2) is 0 Å². The highest BCUT2D eigenvalue weighted by atomic mass is 19.1. The lowest BCUT2D eigenvalue weighted by Crippen LogP contribution is -2.10. The van der Waals surface area contributed by atoms with E-state index in [1.54, 1.807) is 6.92 Å². The molecule has 0 aliphatic carbocycles. The predicted molar refractivity (Wildman–Crippen MR) is 106 cm³/mol. The SMILES string of the molecule is CCOC(=O)C(F)=C(CCOCc1ccccc1)CCOCc1ccccc1. The van der Waals surface area contributed by atoms with Crippen LogP contribution in [-0.2, 0) is 32.2 Å². The molecule has 5 heteroatoms. The highest BCUT2D eigenvalue weighted by Crippen LogP contribution is 2.18. The van der Waals surface area contributed by atoms with E-state index in [4.69, 9.17) is 14.2 Å². The third-order valence-corrected chi connectivity index (χ3v) is 4.08. The van der Waals surface area contributed by atoms with Crippen LogP contribution in [0.4, 0.5) is 4.39 Å². The minimum atomic E-state index is -0.927. The summed E-state index contributed by atoms with van der Waals surface area (Å²) in [5.41, 5.74) is 2.45. The van der Waals surface area contributed by atoms with Gasteiger partial charge in [0.1, 0.15) is 0 Å². The molecule has 0 spiro atoms. The Morgan fingerprint density at radius 2 is 1.29 bits per heavy atom. The van der Waals surface area contributed by atoms with E-state index in [0.29, 0.717) is 44.8 Å². The molecule has 0 heterocycles. The van der Waals surface area contributed by atoms with Crippen LogP contribution in [0.5, 0.6) is 0 Å². The van der Waals surface area contributed by atoms with Crippen LogP contribution < -0.4 is 0 Å². The first-order valence-corrected chi connectivity index (χ1v) is 9.48. The zero-order valence-electron chi connectivity index (χ0n) is 16.2. The fraction of sp³-hybridized carbons (Fsp3) is 0.348. The lowest BCUT2D eigenvalue weighted by Gasteiger charge is -2.11. The molecule has 0 aromatic heterocycles. The average molecular weight is 386 g/mol.